The van der Waals surface area contributed by atoms with Gasteiger partial charge in [-0.05, 0) is 302 Å². The average Bonchev–Trinajstić information content (AvgIpc) is 1.63. The molecule has 5 aromatic carbocycles. The van der Waals surface area contributed by atoms with E-state index in [4.69, 9.17) is 8.83 Å². The maximum atomic E-state index is 5.93. The molecule has 0 saturated heterocycles. The van der Waals surface area contributed by atoms with Gasteiger partial charge in [-0.2, -0.15) is 18.7 Å². The Balaban J connectivity index is -0.000000487. The van der Waals surface area contributed by atoms with Gasteiger partial charge in [0.15, 0.2) is 0 Å². The van der Waals surface area contributed by atoms with Crippen LogP contribution in [0.15, 0.2) is 112 Å². The first-order chi connectivity index (χ1) is 67.5. The number of halogens is 10. The molecule has 35 heteroatoms. The maximum absolute atomic E-state index is 5.93. The molecular formula is C108H170Br10N20O2S3. The topological polar surface area (TPSA) is 190 Å². The summed E-state index contributed by atoms with van der Waals surface area (Å²) in [6.07, 6.45) is 4.76. The average molecular weight is 2680 g/mol. The maximum Gasteiger partial charge on any atom is 0.228 e. The fraction of sp³-hybridized carbons (Fsp3) is 0.472. The third kappa shape index (κ3) is 50.2. The van der Waals surface area contributed by atoms with Crippen molar-refractivity contribution in [2.45, 2.75) is 145 Å². The summed E-state index contributed by atoms with van der Waals surface area (Å²) in [6, 6.07) is 32.9. The smallest absolute Gasteiger partial charge is 0.228 e. The van der Waals surface area contributed by atoms with Crippen molar-refractivity contribution in [2.75, 3.05) is 248 Å². The van der Waals surface area contributed by atoms with Gasteiger partial charge in [-0.15, -0.1) is 22.7 Å². The molecule has 0 radical (unpaired) electrons. The van der Waals surface area contributed by atoms with Crippen LogP contribution in [-0.4, -0.2) is 248 Å². The number of alkyl halides is 10. The third-order valence-electron chi connectivity index (χ3n) is 20.0. The number of rotatable bonds is 10. The highest BCUT2D eigenvalue weighted by Gasteiger charge is 2.21. The number of hydrogen-bond acceptors (Lipinski definition) is 24. The molecule has 802 valence electrons. The summed E-state index contributed by atoms with van der Waals surface area (Å²) >= 11 is 34.3. The van der Waals surface area contributed by atoms with Crippen molar-refractivity contribution < 1.29 is 8.83 Å². The molecule has 143 heavy (non-hydrogen) atoms. The standard InChI is InChI=1S/C17H19N.C16H17NO.C10H13N3S.C9H14N2.C8H13N3.C8H14N2.C8H13NO.C8H13NS.C7H12N4.C7H12N2S.10CH3Br/c1-11-5-6-15-13(7-11)9-14-8-12(2)17(18(3)4)10-16(14)15;1-10-5-6-12-13-9-14(17(3)4)11(2)8-16(13)18-15(12)7-10;1-6-5-8(13(3)4)7(2)10-9(6)11-14-12-10;1-7-5-9(11(3)4)8(2)10-6-7;1-6-5-9-7(2)8(10-6)11(3)4;1-6-5-8(10(3)4)7(2)9-6;2*1-6-5-8(9(3)4)7(2)10-6;1-5-8-6(2)10-7(9-5)11(3)4;1-5-7(9(3)4)8-6(2)10-5;10*1-2/h5-8,10H,9H2,1-4H3;5-9H,1-4H3;5H,1-4H3;5-6H,1-4H3;5H,1-4H3;5,9H,1-4H3;2*5H,1-4H3;1-4H3;1-4H3;10*1H3. The summed E-state index contributed by atoms with van der Waals surface area (Å²) in [7, 11) is 40.6. The SMILES string of the molecule is CBr.CBr.CBr.CBr.CBr.CBr.CBr.CBr.CBr.CBr.Cc1cc(N(C)C)c(C)[nH]1.Cc1cc(N(C)C)c(C)c2nsnc12.Cc1cc(N(C)C)c(C)o1.Cc1cc(N(C)C)c(C)s1.Cc1ccc2c(c1)Cc1cc(C)c(N(C)C)cc1-2.Cc1ccc2c(c1)oc1cc(C)c(N(C)C)cc12.Cc1cnc(C)c(N(C)C)c1.Cc1cnc(C)c(N(C)C)n1.Cc1nc(C)nc(N(C)C)n1.Cc1nc(N(C)C)c(C)s1. The van der Waals surface area contributed by atoms with E-state index in [1.165, 1.54) is 144 Å². The molecule has 1 N–H and O–H groups in total. The molecule has 0 bridgehead atoms. The number of aromatic nitrogens is 10. The number of anilines is 10. The Bertz CT molecular complexity index is 5550. The van der Waals surface area contributed by atoms with Gasteiger partial charge in [0.05, 0.1) is 56.6 Å². The molecule has 0 fully saturated rings. The predicted octanol–water partition coefficient (Wildman–Crippen LogP) is 32.1. The third-order valence-corrected chi connectivity index (χ3v) is 22.4. The Labute approximate surface area is 960 Å². The first-order valence-corrected chi connectivity index (χ1v) is 63.3. The molecule has 0 unspecified atom stereocenters. The number of fused-ring (bicyclic) bond motifs is 7. The first kappa shape index (κ1) is 145. The molecule has 0 saturated carbocycles. The summed E-state index contributed by atoms with van der Waals surface area (Å²) in [6.45, 7) is 41.0. The second-order valence-corrected chi connectivity index (χ2v) is 36.9. The molecule has 22 nitrogen and oxygen atoms in total. The summed E-state index contributed by atoms with van der Waals surface area (Å²) in [5, 5.41) is 3.53. The van der Waals surface area contributed by atoms with Gasteiger partial charge in [-0.25, -0.2) is 15.0 Å². The lowest BCUT2D eigenvalue weighted by molar-refractivity contribution is 0.504. The van der Waals surface area contributed by atoms with Crippen molar-refractivity contribution in [1.82, 2.24) is 48.6 Å². The number of furan rings is 2. The number of aromatic amines is 1. The Morgan fingerprint density at radius 1 is 0.322 bits per heavy atom. The van der Waals surface area contributed by atoms with E-state index in [2.05, 4.69) is 462 Å². The van der Waals surface area contributed by atoms with Crippen LogP contribution < -0.4 is 49.0 Å². The number of thiazole rings is 1. The largest absolute Gasteiger partial charge is 0.464 e. The number of benzene rings is 5. The van der Waals surface area contributed by atoms with E-state index in [0.717, 1.165) is 97.2 Å². The number of hydrogen-bond donors (Lipinski definition) is 1. The van der Waals surface area contributed by atoms with E-state index in [1.807, 2.05) is 241 Å². The molecule has 9 aromatic heterocycles. The highest BCUT2D eigenvalue weighted by atomic mass is 79.9. The number of H-pyrrole nitrogens is 1. The van der Waals surface area contributed by atoms with E-state index < -0.39 is 0 Å². The summed E-state index contributed by atoms with van der Waals surface area (Å²) in [4.78, 5) is 57.5. The van der Waals surface area contributed by atoms with Gasteiger partial charge in [-0.1, -0.05) is 201 Å². The number of nitrogens with one attached hydrogen (secondary N) is 1. The van der Waals surface area contributed by atoms with Crippen LogP contribution in [0.25, 0.3) is 44.1 Å². The number of pyridine rings is 1. The van der Waals surface area contributed by atoms with Gasteiger partial charge in [-0.3, -0.25) is 9.97 Å². The Morgan fingerprint density at radius 2 is 0.783 bits per heavy atom. The molecule has 0 aliphatic heterocycles. The van der Waals surface area contributed by atoms with Crippen molar-refractivity contribution in [3.05, 3.63) is 225 Å². The van der Waals surface area contributed by atoms with Crippen molar-refractivity contribution in [1.29, 1.82) is 0 Å². The van der Waals surface area contributed by atoms with Gasteiger partial charge < -0.3 is 62.8 Å². The van der Waals surface area contributed by atoms with Gasteiger partial charge in [0.25, 0.3) is 0 Å². The Morgan fingerprint density at radius 3 is 1.18 bits per heavy atom. The molecule has 9 heterocycles. The quantitative estimate of drug-likeness (QED) is 0.127. The van der Waals surface area contributed by atoms with E-state index in [-0.39, 0.29) is 0 Å². The van der Waals surface area contributed by atoms with Crippen LogP contribution in [0.4, 0.5) is 57.4 Å². The van der Waals surface area contributed by atoms with Crippen LogP contribution in [0.1, 0.15) is 121 Å². The lowest BCUT2D eigenvalue weighted by Crippen LogP contribution is -2.14. The van der Waals surface area contributed by atoms with Crippen LogP contribution in [0, 0.1) is 138 Å². The van der Waals surface area contributed by atoms with Crippen LogP contribution in [0.5, 0.6) is 0 Å². The van der Waals surface area contributed by atoms with Crippen LogP contribution in [-0.2, 0) is 6.42 Å². The second-order valence-electron chi connectivity index (χ2n) is 33.6. The van der Waals surface area contributed by atoms with E-state index in [1.54, 1.807) is 17.5 Å². The van der Waals surface area contributed by atoms with Crippen molar-refractivity contribution in [2.24, 2.45) is 0 Å². The number of nitrogens with zero attached hydrogens (tertiary/aromatic N) is 19. The predicted molar refractivity (Wildman–Crippen MR) is 684 cm³/mol. The molecule has 0 amide bonds. The zero-order valence-corrected chi connectivity index (χ0v) is 114. The summed E-state index contributed by atoms with van der Waals surface area (Å²) < 4.78 is 19.9. The molecule has 1 aliphatic rings. The fourth-order valence-electron chi connectivity index (χ4n) is 14.2. The van der Waals surface area contributed by atoms with Crippen LogP contribution in [0.3, 0.4) is 0 Å². The van der Waals surface area contributed by atoms with Gasteiger partial charge in [0.1, 0.15) is 57.0 Å². The number of thiophene rings is 1. The molecule has 14 aromatic rings. The second kappa shape index (κ2) is 78.8. The minimum absolute atomic E-state index is 0.718. The van der Waals surface area contributed by atoms with Crippen LogP contribution in [0.2, 0.25) is 0 Å². The van der Waals surface area contributed by atoms with Crippen molar-refractivity contribution in [3.8, 4) is 11.1 Å². The zero-order valence-electron chi connectivity index (χ0n) is 95.3. The molecular weight excluding hydrogens is 2500 g/mol. The molecule has 0 atom stereocenters. The Hall–Kier alpha value is -6.35. The fourth-order valence-corrected chi connectivity index (χ4v) is 16.7. The summed E-state index contributed by atoms with van der Waals surface area (Å²) in [5.41, 5.74) is 32.9. The Kier molecular flexibility index (Phi) is 80.0. The first-order valence-electron chi connectivity index (χ1n) is 45.1. The van der Waals surface area contributed by atoms with Crippen molar-refractivity contribution >= 4 is 284 Å². The highest BCUT2D eigenvalue weighted by molar-refractivity contribution is 9.10. The van der Waals surface area contributed by atoms with Gasteiger partial charge in [0.2, 0.25) is 5.95 Å². The monoisotopic (exact) mass is 2660 g/mol. The normalized spacial score (nSPS) is 9.51. The molecule has 1 aliphatic carbocycles. The highest BCUT2D eigenvalue weighted by Crippen LogP contribution is 2.41. The summed E-state index contributed by atoms with van der Waals surface area (Å²) in [5.74, 6) is 24.4. The number of aryl methyl sites for hydroxylation is 20. The van der Waals surface area contributed by atoms with Gasteiger partial charge >= 0.3 is 0 Å². The van der Waals surface area contributed by atoms with Gasteiger partial charge in [0, 0.05) is 219 Å². The lowest BCUT2D eigenvalue weighted by atomic mass is 10.0. The van der Waals surface area contributed by atoms with E-state index >= 15 is 0 Å². The lowest BCUT2D eigenvalue weighted by Gasteiger charge is -2.17. The minimum Gasteiger partial charge on any atom is -0.464 e. The molecule has 0 spiro atoms. The van der Waals surface area contributed by atoms with Crippen molar-refractivity contribution in [3.63, 3.8) is 0 Å². The zero-order chi connectivity index (χ0) is 112. The van der Waals surface area contributed by atoms with E-state index in [0.29, 0.717) is 0 Å². The minimum atomic E-state index is 0.718. The van der Waals surface area contributed by atoms with E-state index in [9.17, 15) is 0 Å². The molecule has 15 rings (SSSR count). The van der Waals surface area contributed by atoms with Crippen LogP contribution >= 0.6 is 194 Å².